The number of aryl methyl sites for hydroxylation is 2. The third-order valence-corrected chi connectivity index (χ3v) is 6.50. The highest BCUT2D eigenvalue weighted by molar-refractivity contribution is 6.27. The number of piperidine rings is 1. The molecule has 12 nitrogen and oxygen atoms in total. The Morgan fingerprint density at radius 2 is 1.39 bits per heavy atom. The molecule has 4 N–H and O–H groups in total. The molecule has 38 heavy (non-hydrogen) atoms. The molecule has 0 radical (unpaired) electrons. The standard InChI is InChI=1S/C22H32N4.2C2H2O4/c1-3-8-19(9-4-1)18-20-12-16-25(17-13-20)14-7-11-22-24-23-21-10-5-2-6-15-26(21)22;2*3-1(4)2(5)6/h1,3-4,8-9,20H,2,5-7,10-18H2;2*(H,3,4)(H,5,6). The van der Waals surface area contributed by atoms with Gasteiger partial charge in [-0.3, -0.25) is 0 Å². The maximum absolute atomic E-state index is 9.10. The fourth-order valence-corrected chi connectivity index (χ4v) is 4.55. The van der Waals surface area contributed by atoms with Crippen LogP contribution in [0, 0.1) is 5.92 Å². The van der Waals surface area contributed by atoms with Gasteiger partial charge in [-0.15, -0.1) is 10.2 Å². The van der Waals surface area contributed by atoms with Crippen LogP contribution >= 0.6 is 0 Å². The van der Waals surface area contributed by atoms with Crippen molar-refractivity contribution in [1.82, 2.24) is 19.7 Å². The number of hydrogen-bond acceptors (Lipinski definition) is 7. The second-order valence-corrected chi connectivity index (χ2v) is 9.29. The molecule has 2 aromatic rings. The molecule has 1 saturated heterocycles. The lowest BCUT2D eigenvalue weighted by Crippen LogP contribution is -2.35. The predicted molar refractivity (Wildman–Crippen MR) is 136 cm³/mol. The summed E-state index contributed by atoms with van der Waals surface area (Å²) in [4.78, 5) is 39.1. The van der Waals surface area contributed by atoms with Gasteiger partial charge in [-0.1, -0.05) is 36.8 Å². The van der Waals surface area contributed by atoms with E-state index in [-0.39, 0.29) is 0 Å². The van der Waals surface area contributed by atoms with Crippen LogP contribution in [-0.4, -0.2) is 83.6 Å². The molecule has 0 atom stereocenters. The van der Waals surface area contributed by atoms with E-state index in [1.54, 1.807) is 0 Å². The summed E-state index contributed by atoms with van der Waals surface area (Å²) in [6.07, 6.45) is 11.2. The van der Waals surface area contributed by atoms with Gasteiger partial charge in [0.05, 0.1) is 0 Å². The third-order valence-electron chi connectivity index (χ3n) is 6.50. The van der Waals surface area contributed by atoms with E-state index in [2.05, 4.69) is 50.0 Å². The molecule has 0 bridgehead atoms. The van der Waals surface area contributed by atoms with Gasteiger partial charge in [0.15, 0.2) is 0 Å². The fourth-order valence-electron chi connectivity index (χ4n) is 4.55. The highest BCUT2D eigenvalue weighted by atomic mass is 16.4. The highest BCUT2D eigenvalue weighted by Crippen LogP contribution is 2.22. The average Bonchev–Trinajstić information content (AvgIpc) is 3.12. The number of likely N-dealkylation sites (tertiary alicyclic amines) is 1. The molecule has 1 aromatic heterocycles. The van der Waals surface area contributed by atoms with Crippen molar-refractivity contribution in [2.24, 2.45) is 5.92 Å². The number of aromatic nitrogens is 3. The number of nitrogens with zero attached hydrogens (tertiary/aromatic N) is 4. The van der Waals surface area contributed by atoms with E-state index in [0.29, 0.717) is 0 Å². The molecule has 4 rings (SSSR count). The summed E-state index contributed by atoms with van der Waals surface area (Å²) in [5.74, 6) is -3.99. The number of aliphatic carboxylic acids is 4. The lowest BCUT2D eigenvalue weighted by molar-refractivity contribution is -0.159. The molecule has 0 spiro atoms. The minimum atomic E-state index is -1.82. The van der Waals surface area contributed by atoms with Crippen LogP contribution in [0.15, 0.2) is 30.3 Å². The van der Waals surface area contributed by atoms with Crippen molar-refractivity contribution in [3.05, 3.63) is 47.5 Å². The predicted octanol–water partition coefficient (Wildman–Crippen LogP) is 2.20. The fraction of sp³-hybridized carbons (Fsp3) is 0.538. The zero-order valence-electron chi connectivity index (χ0n) is 21.4. The smallest absolute Gasteiger partial charge is 0.414 e. The molecule has 0 saturated carbocycles. The Bertz CT molecular complexity index is 1000. The monoisotopic (exact) mass is 532 g/mol. The maximum atomic E-state index is 9.10. The number of carboxylic acids is 4. The Labute approximate surface area is 220 Å². The molecule has 0 amide bonds. The first-order valence-electron chi connectivity index (χ1n) is 12.8. The van der Waals surface area contributed by atoms with Gasteiger partial charge < -0.3 is 29.9 Å². The molecule has 1 aromatic carbocycles. The van der Waals surface area contributed by atoms with Gasteiger partial charge in [0.1, 0.15) is 11.6 Å². The quantitative estimate of drug-likeness (QED) is 0.400. The van der Waals surface area contributed by atoms with Crippen molar-refractivity contribution in [2.75, 3.05) is 19.6 Å². The lowest BCUT2D eigenvalue weighted by atomic mass is 9.90. The summed E-state index contributed by atoms with van der Waals surface area (Å²) in [6, 6.07) is 11.0. The molecular weight excluding hydrogens is 496 g/mol. The van der Waals surface area contributed by atoms with Gasteiger partial charge in [-0.25, -0.2) is 19.2 Å². The molecule has 3 heterocycles. The summed E-state index contributed by atoms with van der Waals surface area (Å²) in [6.45, 7) is 4.85. The Kier molecular flexibility index (Phi) is 12.9. The van der Waals surface area contributed by atoms with Gasteiger partial charge in [0.25, 0.3) is 0 Å². The minimum absolute atomic E-state index is 0.862. The van der Waals surface area contributed by atoms with E-state index >= 15 is 0 Å². The van der Waals surface area contributed by atoms with Gasteiger partial charge >= 0.3 is 23.9 Å². The second-order valence-electron chi connectivity index (χ2n) is 9.29. The molecule has 0 unspecified atom stereocenters. The van der Waals surface area contributed by atoms with Crippen molar-refractivity contribution >= 4 is 23.9 Å². The second kappa shape index (κ2) is 16.1. The number of rotatable bonds is 6. The van der Waals surface area contributed by atoms with E-state index < -0.39 is 23.9 Å². The molecular formula is C26H36N4O8. The van der Waals surface area contributed by atoms with Gasteiger partial charge in [-0.05, 0) is 69.6 Å². The molecule has 0 aliphatic carbocycles. The van der Waals surface area contributed by atoms with Gasteiger partial charge in [0.2, 0.25) is 0 Å². The lowest BCUT2D eigenvalue weighted by Gasteiger charge is -2.32. The van der Waals surface area contributed by atoms with Crippen LogP contribution in [0.3, 0.4) is 0 Å². The zero-order valence-corrected chi connectivity index (χ0v) is 21.4. The summed E-state index contributed by atoms with van der Waals surface area (Å²) < 4.78 is 2.40. The van der Waals surface area contributed by atoms with E-state index in [9.17, 15) is 0 Å². The highest BCUT2D eigenvalue weighted by Gasteiger charge is 2.20. The molecule has 2 aliphatic rings. The summed E-state index contributed by atoms with van der Waals surface area (Å²) in [5, 5.41) is 38.5. The first-order valence-corrected chi connectivity index (χ1v) is 12.8. The Morgan fingerprint density at radius 3 is 1.97 bits per heavy atom. The normalized spacial score (nSPS) is 15.5. The Morgan fingerprint density at radius 1 is 0.789 bits per heavy atom. The van der Waals surface area contributed by atoms with Crippen LogP contribution in [0.5, 0.6) is 0 Å². The van der Waals surface area contributed by atoms with E-state index in [4.69, 9.17) is 39.6 Å². The Hall–Kier alpha value is -3.80. The summed E-state index contributed by atoms with van der Waals surface area (Å²) >= 11 is 0. The summed E-state index contributed by atoms with van der Waals surface area (Å²) in [7, 11) is 0. The van der Waals surface area contributed by atoms with Crippen LogP contribution < -0.4 is 0 Å². The van der Waals surface area contributed by atoms with E-state index in [1.165, 1.54) is 81.8 Å². The number of carboxylic acid groups (broad SMARTS) is 4. The number of carbonyl (C=O) groups is 4. The van der Waals surface area contributed by atoms with Crippen molar-refractivity contribution in [1.29, 1.82) is 0 Å². The van der Waals surface area contributed by atoms with Crippen LogP contribution in [0.1, 0.15) is 55.7 Å². The molecule has 2 aliphatic heterocycles. The van der Waals surface area contributed by atoms with Crippen molar-refractivity contribution in [3.8, 4) is 0 Å². The van der Waals surface area contributed by atoms with E-state index in [0.717, 1.165) is 25.3 Å². The van der Waals surface area contributed by atoms with Crippen LogP contribution in [0.2, 0.25) is 0 Å². The van der Waals surface area contributed by atoms with Crippen molar-refractivity contribution in [2.45, 2.75) is 64.3 Å². The minimum Gasteiger partial charge on any atom is -0.473 e. The average molecular weight is 533 g/mol. The Balaban J connectivity index is 0.000000355. The molecule has 1 fully saturated rings. The number of benzene rings is 1. The van der Waals surface area contributed by atoms with E-state index in [1.807, 2.05) is 0 Å². The number of fused-ring (bicyclic) bond motifs is 1. The topological polar surface area (TPSA) is 183 Å². The largest absolute Gasteiger partial charge is 0.473 e. The van der Waals surface area contributed by atoms with Crippen molar-refractivity contribution < 1.29 is 39.6 Å². The first-order chi connectivity index (χ1) is 18.2. The van der Waals surface area contributed by atoms with Crippen LogP contribution in [0.25, 0.3) is 0 Å². The third kappa shape index (κ3) is 11.1. The maximum Gasteiger partial charge on any atom is 0.414 e. The van der Waals surface area contributed by atoms with Crippen LogP contribution in [-0.2, 0) is 45.0 Å². The van der Waals surface area contributed by atoms with Gasteiger partial charge in [-0.2, -0.15) is 0 Å². The SMILES string of the molecule is O=C(O)C(=O)O.O=C(O)C(=O)O.c1ccc(CC2CCN(CCCc3nnc4n3CCCCC4)CC2)cc1. The summed E-state index contributed by atoms with van der Waals surface area (Å²) in [5.41, 5.74) is 1.50. The van der Waals surface area contributed by atoms with Crippen molar-refractivity contribution in [3.63, 3.8) is 0 Å². The van der Waals surface area contributed by atoms with Crippen LogP contribution in [0.4, 0.5) is 0 Å². The van der Waals surface area contributed by atoms with Gasteiger partial charge in [0, 0.05) is 19.4 Å². The molecule has 12 heteroatoms. The molecule has 208 valence electrons. The number of hydrogen-bond donors (Lipinski definition) is 4. The zero-order chi connectivity index (χ0) is 27.9. The first kappa shape index (κ1) is 30.4.